The second-order valence-corrected chi connectivity index (χ2v) is 10.0. The Kier molecular flexibility index (Phi) is 15.3. The van der Waals surface area contributed by atoms with E-state index in [4.69, 9.17) is 14.2 Å². The molecule has 1 N–H and O–H groups in total. The lowest BCUT2D eigenvalue weighted by molar-refractivity contribution is -0.148. The van der Waals surface area contributed by atoms with Gasteiger partial charge in [-0.15, -0.1) is 0 Å². The molecule has 0 radical (unpaired) electrons. The molecule has 0 aliphatic heterocycles. The zero-order chi connectivity index (χ0) is 30.2. The van der Waals surface area contributed by atoms with Crippen LogP contribution in [0.15, 0.2) is 69.8 Å². The molecule has 40 heavy (non-hydrogen) atoms. The normalized spacial score (nSPS) is 16.1. The van der Waals surface area contributed by atoms with Crippen LogP contribution in [0.2, 0.25) is 0 Å². The third-order valence-corrected chi connectivity index (χ3v) is 6.40. The summed E-state index contributed by atoms with van der Waals surface area (Å²) in [4.78, 5) is 47.8. The number of methoxy groups -OCH3 is 2. The standard InChI is InChI=1S/C32H45NO7/c1-21(12-9-13-22(2)16-11-17-24(4)32(37)33-25(5)40-26(6)34)14-10-15-23(3)18-19-27-20-28(35)30(38-7)31(39-8)29(27)36/h13-14,17-18,20,25H,9-12,15-16,19H2,1-8H3,(H,33,37)/b21-14+,22-13+,23-18+,24-17+. The summed E-state index contributed by atoms with van der Waals surface area (Å²) in [5, 5.41) is 2.64. The molecule has 0 aromatic rings. The number of carbonyl (C=O) groups is 4. The highest BCUT2D eigenvalue weighted by Gasteiger charge is 2.30. The van der Waals surface area contributed by atoms with Gasteiger partial charge in [-0.05, 0) is 85.6 Å². The predicted octanol–water partition coefficient (Wildman–Crippen LogP) is 6.11. The Hall–Kier alpha value is -3.68. The van der Waals surface area contributed by atoms with Crippen molar-refractivity contribution in [3.8, 4) is 0 Å². The van der Waals surface area contributed by atoms with Crippen molar-refractivity contribution in [3.05, 3.63) is 69.8 Å². The molecule has 0 aromatic heterocycles. The number of nitrogens with one attached hydrogen (secondary N) is 1. The summed E-state index contributed by atoms with van der Waals surface area (Å²) in [6.45, 7) is 10.9. The average molecular weight is 556 g/mol. The Morgan fingerprint density at radius 1 is 0.800 bits per heavy atom. The van der Waals surface area contributed by atoms with Crippen LogP contribution < -0.4 is 5.32 Å². The maximum Gasteiger partial charge on any atom is 0.304 e. The summed E-state index contributed by atoms with van der Waals surface area (Å²) in [6, 6.07) is 0. The number of hydrogen-bond donors (Lipinski definition) is 1. The summed E-state index contributed by atoms with van der Waals surface area (Å²) in [7, 11) is 2.70. The summed E-state index contributed by atoms with van der Waals surface area (Å²) in [5.41, 5.74) is 4.75. The number of ether oxygens (including phenoxy) is 3. The number of esters is 1. The van der Waals surface area contributed by atoms with E-state index in [0.717, 1.165) is 44.1 Å². The van der Waals surface area contributed by atoms with Crippen molar-refractivity contribution in [2.45, 2.75) is 92.7 Å². The zero-order valence-corrected chi connectivity index (χ0v) is 25.3. The number of hydrogen-bond acceptors (Lipinski definition) is 7. The molecule has 0 saturated heterocycles. The summed E-state index contributed by atoms with van der Waals surface area (Å²) in [6.07, 6.45) is 14.7. The van der Waals surface area contributed by atoms with Crippen LogP contribution in [0.5, 0.6) is 0 Å². The lowest BCUT2D eigenvalue weighted by Crippen LogP contribution is -2.36. The van der Waals surface area contributed by atoms with E-state index >= 15 is 0 Å². The molecule has 0 spiro atoms. The first-order valence-electron chi connectivity index (χ1n) is 13.6. The first kappa shape index (κ1) is 34.3. The highest BCUT2D eigenvalue weighted by Crippen LogP contribution is 2.23. The van der Waals surface area contributed by atoms with Crippen LogP contribution in [-0.2, 0) is 33.4 Å². The Bertz CT molecular complexity index is 1130. The van der Waals surface area contributed by atoms with Gasteiger partial charge in [-0.2, -0.15) is 0 Å². The molecule has 220 valence electrons. The molecule has 0 fully saturated rings. The lowest BCUT2D eigenvalue weighted by Gasteiger charge is -2.16. The number of rotatable bonds is 16. The maximum absolute atomic E-state index is 12.6. The second kappa shape index (κ2) is 17.8. The van der Waals surface area contributed by atoms with E-state index in [1.54, 1.807) is 13.8 Å². The Morgan fingerprint density at radius 2 is 1.30 bits per heavy atom. The van der Waals surface area contributed by atoms with Crippen LogP contribution in [0, 0.1) is 0 Å². The molecule has 8 nitrogen and oxygen atoms in total. The van der Waals surface area contributed by atoms with Gasteiger partial charge in [-0.3, -0.25) is 19.2 Å². The summed E-state index contributed by atoms with van der Waals surface area (Å²) < 4.78 is 15.0. The molecule has 0 aromatic carbocycles. The van der Waals surface area contributed by atoms with Crippen LogP contribution in [0.25, 0.3) is 0 Å². The smallest absolute Gasteiger partial charge is 0.304 e. The molecule has 1 unspecified atom stereocenters. The van der Waals surface area contributed by atoms with Crippen molar-refractivity contribution in [1.29, 1.82) is 0 Å². The molecular weight excluding hydrogens is 510 g/mol. The third kappa shape index (κ3) is 12.5. The van der Waals surface area contributed by atoms with Gasteiger partial charge in [0.1, 0.15) is 0 Å². The minimum atomic E-state index is -0.657. The van der Waals surface area contributed by atoms with Gasteiger partial charge >= 0.3 is 5.97 Å². The Labute approximate surface area is 238 Å². The molecule has 0 heterocycles. The third-order valence-electron chi connectivity index (χ3n) is 6.40. The van der Waals surface area contributed by atoms with Gasteiger partial charge < -0.3 is 19.5 Å². The fourth-order valence-electron chi connectivity index (χ4n) is 4.05. The zero-order valence-electron chi connectivity index (χ0n) is 25.3. The van der Waals surface area contributed by atoms with E-state index in [9.17, 15) is 19.2 Å². The van der Waals surface area contributed by atoms with Gasteiger partial charge in [0.05, 0.1) is 14.2 Å². The summed E-state index contributed by atoms with van der Waals surface area (Å²) in [5.74, 6) is -1.44. The van der Waals surface area contributed by atoms with Crippen LogP contribution in [0.3, 0.4) is 0 Å². The molecule has 0 bridgehead atoms. The fraction of sp³-hybridized carbons (Fsp3) is 0.500. The largest absolute Gasteiger partial charge is 0.490 e. The number of Topliss-reactive ketones (excluding diaryl/α,β-unsaturated/α-hetero) is 1. The van der Waals surface area contributed by atoms with Gasteiger partial charge in [0, 0.05) is 18.1 Å². The van der Waals surface area contributed by atoms with Gasteiger partial charge in [-0.1, -0.05) is 41.0 Å². The fourth-order valence-corrected chi connectivity index (χ4v) is 4.05. The van der Waals surface area contributed by atoms with Crippen LogP contribution in [0.4, 0.5) is 0 Å². The molecule has 0 saturated carbocycles. The minimum Gasteiger partial charge on any atom is -0.490 e. The second-order valence-electron chi connectivity index (χ2n) is 10.0. The van der Waals surface area contributed by atoms with Crippen molar-refractivity contribution in [1.82, 2.24) is 5.32 Å². The highest BCUT2D eigenvalue weighted by molar-refractivity contribution is 6.21. The van der Waals surface area contributed by atoms with Crippen molar-refractivity contribution >= 4 is 23.4 Å². The van der Waals surface area contributed by atoms with Gasteiger partial charge in [-0.25, -0.2) is 0 Å². The van der Waals surface area contributed by atoms with Gasteiger partial charge in [0.2, 0.25) is 29.0 Å². The van der Waals surface area contributed by atoms with E-state index in [-0.39, 0.29) is 29.0 Å². The van der Waals surface area contributed by atoms with Gasteiger partial charge in [0.25, 0.3) is 0 Å². The molecule has 1 aliphatic rings. The topological polar surface area (TPSA) is 108 Å². The maximum atomic E-state index is 12.6. The minimum absolute atomic E-state index is 0.0412. The lowest BCUT2D eigenvalue weighted by atomic mass is 9.96. The van der Waals surface area contributed by atoms with E-state index in [1.165, 1.54) is 38.4 Å². The first-order chi connectivity index (χ1) is 18.9. The van der Waals surface area contributed by atoms with E-state index in [2.05, 4.69) is 31.3 Å². The molecular formula is C32H45NO7. The number of carbonyl (C=O) groups excluding carboxylic acids is 4. The van der Waals surface area contributed by atoms with Crippen LogP contribution in [0.1, 0.15) is 86.5 Å². The van der Waals surface area contributed by atoms with Crippen molar-refractivity contribution in [3.63, 3.8) is 0 Å². The molecule has 1 aliphatic carbocycles. The Morgan fingerprint density at radius 3 is 1.80 bits per heavy atom. The number of amides is 1. The van der Waals surface area contributed by atoms with Crippen LogP contribution >= 0.6 is 0 Å². The molecule has 1 rings (SSSR count). The van der Waals surface area contributed by atoms with E-state index in [1.807, 2.05) is 19.1 Å². The highest BCUT2D eigenvalue weighted by atomic mass is 16.6. The van der Waals surface area contributed by atoms with Gasteiger partial charge in [0.15, 0.2) is 6.23 Å². The monoisotopic (exact) mass is 555 g/mol. The summed E-state index contributed by atoms with van der Waals surface area (Å²) >= 11 is 0. The quantitative estimate of drug-likeness (QED) is 0.0805. The van der Waals surface area contributed by atoms with Crippen molar-refractivity contribution in [2.75, 3.05) is 14.2 Å². The van der Waals surface area contributed by atoms with Crippen molar-refractivity contribution in [2.24, 2.45) is 0 Å². The van der Waals surface area contributed by atoms with Crippen molar-refractivity contribution < 1.29 is 33.4 Å². The average Bonchev–Trinajstić information content (AvgIpc) is 2.87. The molecule has 1 atom stereocenters. The SMILES string of the molecule is COC1=C(OC)C(=O)C(C/C=C(\C)CC/C=C(\C)CC/C=C(\C)CC/C=C(\C)C(=O)NC(C)OC(C)=O)=CC1=O. The predicted molar refractivity (Wildman–Crippen MR) is 156 cm³/mol. The van der Waals surface area contributed by atoms with Crippen LogP contribution in [-0.4, -0.2) is 43.9 Å². The number of allylic oxidation sites excluding steroid dienone is 9. The van der Waals surface area contributed by atoms with E-state index in [0.29, 0.717) is 17.6 Å². The molecule has 8 heteroatoms. The first-order valence-corrected chi connectivity index (χ1v) is 13.6. The van der Waals surface area contributed by atoms with E-state index < -0.39 is 12.2 Å². The number of ketones is 2. The molecule has 1 amide bonds. The Balaban J connectivity index is 2.43.